The van der Waals surface area contributed by atoms with E-state index in [1.54, 1.807) is 0 Å². The lowest BCUT2D eigenvalue weighted by atomic mass is 9.92. The number of carbonyl (C=O) groups excluding carboxylic acids is 1. The average molecular weight is 335 g/mol. The van der Waals surface area contributed by atoms with Crippen LogP contribution in [0.1, 0.15) is 38.3 Å². The van der Waals surface area contributed by atoms with Gasteiger partial charge in [-0.15, -0.1) is 0 Å². The first kappa shape index (κ1) is 17.2. The molecule has 2 aromatic heterocycles. The maximum absolute atomic E-state index is 12.5. The highest BCUT2D eigenvalue weighted by atomic mass is 16.1. The Labute approximate surface area is 148 Å². The molecule has 2 heterocycles. The largest absolute Gasteiger partial charge is 0.310 e. The van der Waals surface area contributed by atoms with E-state index >= 15 is 0 Å². The Balaban J connectivity index is 2.09. The highest BCUT2D eigenvalue weighted by molar-refractivity contribution is 5.95. The minimum Gasteiger partial charge on any atom is -0.310 e. The van der Waals surface area contributed by atoms with Crippen molar-refractivity contribution in [2.45, 2.75) is 41.0 Å². The Morgan fingerprint density at radius 3 is 2.40 bits per heavy atom. The number of nitrogens with zero attached hydrogens (tertiary/aromatic N) is 2. The van der Waals surface area contributed by atoms with Crippen molar-refractivity contribution in [3.8, 4) is 11.3 Å². The zero-order valence-electron chi connectivity index (χ0n) is 15.6. The standard InChI is InChI=1S/C21H25N3O/c1-14-6-8-16(9-7-14)19-20(23-18(25)13-21(3,4)5)24-11-10-15(2)12-17(24)22-19/h6-12H,13H2,1-5H3,(H,23,25). The van der Waals surface area contributed by atoms with E-state index in [0.29, 0.717) is 6.42 Å². The number of fused-ring (bicyclic) bond motifs is 1. The number of pyridine rings is 1. The van der Waals surface area contributed by atoms with Crippen LogP contribution < -0.4 is 5.32 Å². The van der Waals surface area contributed by atoms with E-state index in [-0.39, 0.29) is 11.3 Å². The summed E-state index contributed by atoms with van der Waals surface area (Å²) in [6.07, 6.45) is 2.42. The average Bonchev–Trinajstić information content (AvgIpc) is 2.83. The molecule has 0 aliphatic carbocycles. The predicted octanol–water partition coefficient (Wildman–Crippen LogP) is 4.99. The molecule has 0 saturated carbocycles. The molecule has 0 aliphatic rings. The molecule has 0 unspecified atom stereocenters. The Morgan fingerprint density at radius 2 is 1.76 bits per heavy atom. The van der Waals surface area contributed by atoms with Crippen LogP contribution in [0, 0.1) is 19.3 Å². The van der Waals surface area contributed by atoms with Gasteiger partial charge in [0.25, 0.3) is 0 Å². The van der Waals surface area contributed by atoms with Crippen LogP contribution in [0.2, 0.25) is 0 Å². The molecule has 1 amide bonds. The summed E-state index contributed by atoms with van der Waals surface area (Å²) < 4.78 is 1.95. The Hall–Kier alpha value is -2.62. The topological polar surface area (TPSA) is 46.4 Å². The first-order chi connectivity index (χ1) is 11.7. The Kier molecular flexibility index (Phi) is 4.38. The fourth-order valence-electron chi connectivity index (χ4n) is 2.84. The quantitative estimate of drug-likeness (QED) is 0.732. The van der Waals surface area contributed by atoms with Gasteiger partial charge in [-0.25, -0.2) is 4.98 Å². The molecule has 0 bridgehead atoms. The normalized spacial score (nSPS) is 11.7. The SMILES string of the molecule is Cc1ccc(-c2nc3cc(C)ccn3c2NC(=O)CC(C)(C)C)cc1. The summed E-state index contributed by atoms with van der Waals surface area (Å²) in [5.74, 6) is 0.733. The van der Waals surface area contributed by atoms with Crippen LogP contribution in [0.3, 0.4) is 0 Å². The van der Waals surface area contributed by atoms with E-state index in [1.165, 1.54) is 5.56 Å². The zero-order valence-corrected chi connectivity index (χ0v) is 15.6. The van der Waals surface area contributed by atoms with Crippen LogP contribution in [0.5, 0.6) is 0 Å². The molecule has 0 radical (unpaired) electrons. The highest BCUT2D eigenvalue weighted by Crippen LogP contribution is 2.30. The maximum atomic E-state index is 12.5. The first-order valence-corrected chi connectivity index (χ1v) is 8.58. The van der Waals surface area contributed by atoms with Crippen molar-refractivity contribution in [2.24, 2.45) is 5.41 Å². The van der Waals surface area contributed by atoms with Crippen molar-refractivity contribution in [1.82, 2.24) is 9.38 Å². The molecule has 0 spiro atoms. The molecule has 0 saturated heterocycles. The summed E-state index contributed by atoms with van der Waals surface area (Å²) in [6, 6.07) is 12.3. The van der Waals surface area contributed by atoms with Crippen molar-refractivity contribution in [3.63, 3.8) is 0 Å². The Morgan fingerprint density at radius 1 is 1.08 bits per heavy atom. The fraction of sp³-hybridized carbons (Fsp3) is 0.333. The number of benzene rings is 1. The van der Waals surface area contributed by atoms with Gasteiger partial charge in [0.05, 0.1) is 0 Å². The van der Waals surface area contributed by atoms with E-state index in [4.69, 9.17) is 4.98 Å². The van der Waals surface area contributed by atoms with Crippen molar-refractivity contribution in [1.29, 1.82) is 0 Å². The van der Waals surface area contributed by atoms with Gasteiger partial charge in [0.1, 0.15) is 17.2 Å². The molecule has 130 valence electrons. The second kappa shape index (κ2) is 6.36. The van der Waals surface area contributed by atoms with Gasteiger partial charge in [-0.3, -0.25) is 9.20 Å². The highest BCUT2D eigenvalue weighted by Gasteiger charge is 2.20. The van der Waals surface area contributed by atoms with Gasteiger partial charge in [0.2, 0.25) is 5.91 Å². The van der Waals surface area contributed by atoms with E-state index in [2.05, 4.69) is 45.1 Å². The van der Waals surface area contributed by atoms with Crippen LogP contribution in [-0.2, 0) is 4.79 Å². The Bertz CT molecular complexity index is 915. The molecule has 4 heteroatoms. The summed E-state index contributed by atoms with van der Waals surface area (Å²) in [5.41, 5.74) is 4.90. The number of carbonyl (C=O) groups is 1. The number of imidazole rings is 1. The van der Waals surface area contributed by atoms with Gasteiger partial charge in [-0.1, -0.05) is 50.6 Å². The molecule has 0 fully saturated rings. The van der Waals surface area contributed by atoms with Gasteiger partial charge < -0.3 is 5.32 Å². The number of hydrogen-bond donors (Lipinski definition) is 1. The monoisotopic (exact) mass is 335 g/mol. The van der Waals surface area contributed by atoms with Gasteiger partial charge in [0, 0.05) is 18.2 Å². The third kappa shape index (κ3) is 3.90. The van der Waals surface area contributed by atoms with E-state index in [0.717, 1.165) is 28.3 Å². The van der Waals surface area contributed by atoms with Gasteiger partial charge in [-0.05, 0) is 37.0 Å². The van der Waals surface area contributed by atoms with Gasteiger partial charge >= 0.3 is 0 Å². The zero-order chi connectivity index (χ0) is 18.2. The molecule has 0 aliphatic heterocycles. The molecule has 0 atom stereocenters. The lowest BCUT2D eigenvalue weighted by molar-refractivity contribution is -0.117. The lowest BCUT2D eigenvalue weighted by Gasteiger charge is -2.17. The van der Waals surface area contributed by atoms with E-state index in [9.17, 15) is 4.79 Å². The molecule has 1 N–H and O–H groups in total. The summed E-state index contributed by atoms with van der Waals surface area (Å²) in [6.45, 7) is 10.3. The summed E-state index contributed by atoms with van der Waals surface area (Å²) in [4.78, 5) is 17.3. The van der Waals surface area contributed by atoms with Gasteiger partial charge in [-0.2, -0.15) is 0 Å². The lowest BCUT2D eigenvalue weighted by Crippen LogP contribution is -2.20. The van der Waals surface area contributed by atoms with E-state index < -0.39 is 0 Å². The molecule has 3 aromatic rings. The molecule has 3 rings (SSSR count). The molecule has 4 nitrogen and oxygen atoms in total. The minimum absolute atomic E-state index is 0.00300. The van der Waals surface area contributed by atoms with Crippen molar-refractivity contribution in [2.75, 3.05) is 5.32 Å². The molecular formula is C21H25N3O. The number of rotatable bonds is 3. The smallest absolute Gasteiger partial charge is 0.226 e. The van der Waals surface area contributed by atoms with E-state index in [1.807, 2.05) is 41.8 Å². The van der Waals surface area contributed by atoms with Crippen molar-refractivity contribution in [3.05, 3.63) is 53.7 Å². The summed E-state index contributed by atoms with van der Waals surface area (Å²) in [7, 11) is 0. The maximum Gasteiger partial charge on any atom is 0.226 e. The first-order valence-electron chi connectivity index (χ1n) is 8.58. The number of anilines is 1. The third-order valence-electron chi connectivity index (χ3n) is 4.06. The molecule has 1 aromatic carbocycles. The number of hydrogen-bond acceptors (Lipinski definition) is 2. The second-order valence-electron chi connectivity index (χ2n) is 7.89. The van der Waals surface area contributed by atoms with Crippen LogP contribution in [-0.4, -0.2) is 15.3 Å². The predicted molar refractivity (Wildman–Crippen MR) is 103 cm³/mol. The fourth-order valence-corrected chi connectivity index (χ4v) is 2.84. The van der Waals surface area contributed by atoms with Crippen molar-refractivity contribution < 1.29 is 4.79 Å². The van der Waals surface area contributed by atoms with Crippen LogP contribution >= 0.6 is 0 Å². The van der Waals surface area contributed by atoms with Crippen LogP contribution in [0.4, 0.5) is 5.82 Å². The minimum atomic E-state index is -0.0643. The molecular weight excluding hydrogens is 310 g/mol. The number of aryl methyl sites for hydroxylation is 2. The van der Waals surface area contributed by atoms with Gasteiger partial charge in [0.15, 0.2) is 0 Å². The van der Waals surface area contributed by atoms with Crippen LogP contribution in [0.25, 0.3) is 16.9 Å². The van der Waals surface area contributed by atoms with Crippen molar-refractivity contribution >= 4 is 17.4 Å². The number of nitrogens with one attached hydrogen (secondary N) is 1. The summed E-state index contributed by atoms with van der Waals surface area (Å²) in [5, 5.41) is 3.08. The second-order valence-corrected chi connectivity index (χ2v) is 7.89. The number of amides is 1. The number of aromatic nitrogens is 2. The summed E-state index contributed by atoms with van der Waals surface area (Å²) >= 11 is 0. The third-order valence-corrected chi connectivity index (χ3v) is 4.06. The molecule has 25 heavy (non-hydrogen) atoms. The van der Waals surface area contributed by atoms with Crippen LogP contribution in [0.15, 0.2) is 42.6 Å².